The van der Waals surface area contributed by atoms with E-state index in [0.29, 0.717) is 0 Å². The van der Waals surface area contributed by atoms with Gasteiger partial charge in [0.05, 0.1) is 5.92 Å². The van der Waals surface area contributed by atoms with Gasteiger partial charge in [-0.25, -0.2) is 5.84 Å². The Morgan fingerprint density at radius 1 is 1.39 bits per heavy atom. The summed E-state index contributed by atoms with van der Waals surface area (Å²) in [6.45, 7) is 7.40. The van der Waals surface area contributed by atoms with Gasteiger partial charge in [0, 0.05) is 12.6 Å². The maximum atomic E-state index is 11.5. The molecule has 106 valence electrons. The molecule has 5 nitrogen and oxygen atoms in total. The summed E-state index contributed by atoms with van der Waals surface area (Å²) in [7, 11) is 4.26. The predicted octanol–water partition coefficient (Wildman–Crippen LogP) is 0.275. The van der Waals surface area contributed by atoms with Gasteiger partial charge in [-0.05, 0) is 52.9 Å². The van der Waals surface area contributed by atoms with Crippen LogP contribution >= 0.6 is 0 Å². The Morgan fingerprint density at radius 3 is 2.39 bits per heavy atom. The Balaban J connectivity index is 2.40. The SMILES string of the molecule is CC(C(=O)NN)C(C)N1CCC(CN(C)C)CC1. The maximum Gasteiger partial charge on any atom is 0.238 e. The third-order valence-electron chi connectivity index (χ3n) is 4.13. The number of rotatable bonds is 5. The highest BCUT2D eigenvalue weighted by Crippen LogP contribution is 2.22. The normalized spacial score (nSPS) is 21.9. The first-order valence-corrected chi connectivity index (χ1v) is 6.85. The van der Waals surface area contributed by atoms with Crippen molar-refractivity contribution in [2.45, 2.75) is 32.7 Å². The van der Waals surface area contributed by atoms with Crippen molar-refractivity contribution in [2.24, 2.45) is 17.7 Å². The second-order valence-corrected chi connectivity index (χ2v) is 5.78. The van der Waals surface area contributed by atoms with E-state index in [4.69, 9.17) is 5.84 Å². The van der Waals surface area contributed by atoms with E-state index < -0.39 is 0 Å². The second kappa shape index (κ2) is 7.07. The van der Waals surface area contributed by atoms with Gasteiger partial charge in [-0.2, -0.15) is 0 Å². The molecule has 0 aliphatic carbocycles. The van der Waals surface area contributed by atoms with Crippen LogP contribution in [0, 0.1) is 11.8 Å². The lowest BCUT2D eigenvalue weighted by atomic mass is 9.93. The summed E-state index contributed by atoms with van der Waals surface area (Å²) in [5, 5.41) is 0. The highest BCUT2D eigenvalue weighted by molar-refractivity contribution is 5.78. The molecule has 1 rings (SSSR count). The zero-order valence-electron chi connectivity index (χ0n) is 12.1. The lowest BCUT2D eigenvalue weighted by Gasteiger charge is -2.38. The summed E-state index contributed by atoms with van der Waals surface area (Å²) >= 11 is 0. The number of carbonyl (C=O) groups excluding carboxylic acids is 1. The van der Waals surface area contributed by atoms with Gasteiger partial charge in [-0.3, -0.25) is 15.1 Å². The van der Waals surface area contributed by atoms with Crippen LogP contribution in [0.5, 0.6) is 0 Å². The van der Waals surface area contributed by atoms with Crippen molar-refractivity contribution >= 4 is 5.91 Å². The van der Waals surface area contributed by atoms with Crippen molar-refractivity contribution in [1.29, 1.82) is 0 Å². The first-order chi connectivity index (χ1) is 8.45. The van der Waals surface area contributed by atoms with Crippen LogP contribution in [-0.4, -0.2) is 55.5 Å². The van der Waals surface area contributed by atoms with Crippen LogP contribution in [0.25, 0.3) is 0 Å². The van der Waals surface area contributed by atoms with Crippen molar-refractivity contribution in [3.63, 3.8) is 0 Å². The first-order valence-electron chi connectivity index (χ1n) is 6.85. The van der Waals surface area contributed by atoms with Gasteiger partial charge in [0.1, 0.15) is 0 Å². The van der Waals surface area contributed by atoms with E-state index in [-0.39, 0.29) is 17.9 Å². The van der Waals surface area contributed by atoms with Crippen LogP contribution in [0.4, 0.5) is 0 Å². The minimum absolute atomic E-state index is 0.0552. The smallest absolute Gasteiger partial charge is 0.238 e. The zero-order valence-corrected chi connectivity index (χ0v) is 12.1. The van der Waals surface area contributed by atoms with E-state index in [2.05, 4.69) is 36.2 Å². The molecule has 0 bridgehead atoms. The van der Waals surface area contributed by atoms with Crippen molar-refractivity contribution < 1.29 is 4.79 Å². The van der Waals surface area contributed by atoms with Gasteiger partial charge in [-0.15, -0.1) is 0 Å². The minimum atomic E-state index is -0.0714. The van der Waals surface area contributed by atoms with Crippen LogP contribution in [-0.2, 0) is 4.79 Å². The average Bonchev–Trinajstić information content (AvgIpc) is 2.36. The van der Waals surface area contributed by atoms with E-state index in [1.54, 1.807) is 0 Å². The number of nitrogens with zero attached hydrogens (tertiary/aromatic N) is 2. The minimum Gasteiger partial charge on any atom is -0.309 e. The molecule has 1 fully saturated rings. The van der Waals surface area contributed by atoms with E-state index >= 15 is 0 Å². The second-order valence-electron chi connectivity index (χ2n) is 5.78. The Bertz CT molecular complexity index is 262. The standard InChI is InChI=1S/C13H28N4O/c1-10(13(18)15-14)11(2)17-7-5-12(6-8-17)9-16(3)4/h10-12H,5-9,14H2,1-4H3,(H,15,18). The first kappa shape index (κ1) is 15.4. The van der Waals surface area contributed by atoms with Crippen LogP contribution in [0.3, 0.4) is 0 Å². The third-order valence-corrected chi connectivity index (χ3v) is 4.13. The molecule has 3 N–H and O–H groups in total. The summed E-state index contributed by atoms with van der Waals surface area (Å²) in [4.78, 5) is 16.2. The lowest BCUT2D eigenvalue weighted by molar-refractivity contribution is -0.126. The number of carbonyl (C=O) groups is 1. The summed E-state index contributed by atoms with van der Waals surface area (Å²) in [5.41, 5.74) is 2.25. The number of nitrogens with one attached hydrogen (secondary N) is 1. The lowest BCUT2D eigenvalue weighted by Crippen LogP contribution is -2.49. The Morgan fingerprint density at radius 2 is 1.94 bits per heavy atom. The molecule has 0 saturated carbocycles. The van der Waals surface area contributed by atoms with Crippen LogP contribution in [0.2, 0.25) is 0 Å². The molecule has 0 spiro atoms. The maximum absolute atomic E-state index is 11.5. The number of hydrogen-bond donors (Lipinski definition) is 2. The molecule has 0 radical (unpaired) electrons. The monoisotopic (exact) mass is 256 g/mol. The van der Waals surface area contributed by atoms with E-state index in [0.717, 1.165) is 19.0 Å². The molecule has 1 saturated heterocycles. The van der Waals surface area contributed by atoms with Gasteiger partial charge >= 0.3 is 0 Å². The molecule has 1 aliphatic heterocycles. The van der Waals surface area contributed by atoms with Crippen molar-refractivity contribution in [3.8, 4) is 0 Å². The Kier molecular flexibility index (Phi) is 6.05. The molecule has 1 aliphatic rings. The van der Waals surface area contributed by atoms with Gasteiger partial charge < -0.3 is 4.90 Å². The highest BCUT2D eigenvalue weighted by Gasteiger charge is 2.28. The number of hydrazine groups is 1. The number of amides is 1. The number of likely N-dealkylation sites (tertiary alicyclic amines) is 1. The van der Waals surface area contributed by atoms with Crippen LogP contribution in [0.15, 0.2) is 0 Å². The van der Waals surface area contributed by atoms with E-state index in [9.17, 15) is 4.79 Å². The molecule has 2 unspecified atom stereocenters. The van der Waals surface area contributed by atoms with E-state index in [1.165, 1.54) is 19.4 Å². The summed E-state index contributed by atoms with van der Waals surface area (Å²) in [6, 6.07) is 0.258. The van der Waals surface area contributed by atoms with Crippen LogP contribution < -0.4 is 11.3 Å². The number of piperidine rings is 1. The molecule has 18 heavy (non-hydrogen) atoms. The zero-order chi connectivity index (χ0) is 13.7. The fourth-order valence-electron chi connectivity index (χ4n) is 2.73. The van der Waals surface area contributed by atoms with Gasteiger partial charge in [0.25, 0.3) is 0 Å². The van der Waals surface area contributed by atoms with Crippen molar-refractivity contribution in [2.75, 3.05) is 33.7 Å². The van der Waals surface area contributed by atoms with Crippen molar-refractivity contribution in [3.05, 3.63) is 0 Å². The molecule has 0 aromatic rings. The summed E-state index contributed by atoms with van der Waals surface area (Å²) in [6.07, 6.45) is 2.44. The molecular formula is C13H28N4O. The van der Waals surface area contributed by atoms with Crippen LogP contribution in [0.1, 0.15) is 26.7 Å². The summed E-state index contributed by atoms with van der Waals surface area (Å²) in [5.74, 6) is 5.86. The van der Waals surface area contributed by atoms with Gasteiger partial charge in [0.2, 0.25) is 5.91 Å². The number of hydrogen-bond acceptors (Lipinski definition) is 4. The molecule has 2 atom stereocenters. The fourth-order valence-corrected chi connectivity index (χ4v) is 2.73. The third kappa shape index (κ3) is 4.23. The average molecular weight is 256 g/mol. The van der Waals surface area contributed by atoms with E-state index in [1.807, 2.05) is 6.92 Å². The highest BCUT2D eigenvalue weighted by atomic mass is 16.2. The van der Waals surface area contributed by atoms with Gasteiger partial charge in [0.15, 0.2) is 0 Å². The Labute approximate surface area is 111 Å². The molecule has 1 heterocycles. The summed E-state index contributed by atoms with van der Waals surface area (Å²) < 4.78 is 0. The Hall–Kier alpha value is -0.650. The molecule has 0 aromatic carbocycles. The quantitative estimate of drug-likeness (QED) is 0.421. The van der Waals surface area contributed by atoms with Gasteiger partial charge in [-0.1, -0.05) is 6.92 Å². The molecule has 5 heteroatoms. The molecule has 0 aromatic heterocycles. The number of nitrogens with two attached hydrogens (primary N) is 1. The largest absolute Gasteiger partial charge is 0.309 e. The molecular weight excluding hydrogens is 228 g/mol. The molecule has 1 amide bonds. The predicted molar refractivity (Wildman–Crippen MR) is 73.8 cm³/mol. The topological polar surface area (TPSA) is 61.6 Å². The van der Waals surface area contributed by atoms with Crippen molar-refractivity contribution in [1.82, 2.24) is 15.2 Å². The fraction of sp³-hybridized carbons (Fsp3) is 0.923.